The van der Waals surface area contributed by atoms with Gasteiger partial charge in [-0.05, 0) is 38.3 Å². The van der Waals surface area contributed by atoms with Crippen LogP contribution in [0.3, 0.4) is 0 Å². The first-order valence-corrected chi connectivity index (χ1v) is 15.2. The van der Waals surface area contributed by atoms with Crippen molar-refractivity contribution in [3.63, 3.8) is 0 Å². The third-order valence-electron chi connectivity index (χ3n) is 2.48. The highest BCUT2D eigenvalue weighted by molar-refractivity contribution is 7.86. The highest BCUT2D eigenvalue weighted by Crippen LogP contribution is 2.22. The van der Waals surface area contributed by atoms with Gasteiger partial charge in [0.1, 0.15) is 0 Å². The predicted octanol–water partition coefficient (Wildman–Crippen LogP) is 1.19. The van der Waals surface area contributed by atoms with Crippen molar-refractivity contribution in [3.05, 3.63) is 0 Å². The van der Waals surface area contributed by atoms with Crippen molar-refractivity contribution in [2.75, 3.05) is 11.5 Å². The minimum atomic E-state index is -4.01. The van der Waals surface area contributed by atoms with E-state index >= 15 is 0 Å². The molecule has 0 atom stereocenters. The van der Waals surface area contributed by atoms with Gasteiger partial charge in [0.25, 0.3) is 20.2 Å². The Bertz CT molecular complexity index is 449. The highest BCUT2D eigenvalue weighted by Gasteiger charge is 2.34. The smallest absolute Gasteiger partial charge is 0.264 e. The fourth-order valence-corrected chi connectivity index (χ4v) is 14.4. The van der Waals surface area contributed by atoms with Gasteiger partial charge in [-0.3, -0.25) is 9.11 Å². The number of rotatable bonds is 8. The molecule has 0 spiro atoms. The zero-order valence-electron chi connectivity index (χ0n) is 11.6. The van der Waals surface area contributed by atoms with Gasteiger partial charge in [0, 0.05) is 0 Å². The van der Waals surface area contributed by atoms with Crippen LogP contribution in [0.25, 0.3) is 0 Å². The van der Waals surface area contributed by atoms with Crippen molar-refractivity contribution in [2.24, 2.45) is 0 Å². The van der Waals surface area contributed by atoms with Gasteiger partial charge in [-0.2, -0.15) is 16.8 Å². The average Bonchev–Trinajstić information content (AvgIpc) is 2.09. The first-order chi connectivity index (χ1) is 8.12. The molecule has 19 heavy (non-hydrogen) atoms. The zero-order chi connectivity index (χ0) is 15.5. The van der Waals surface area contributed by atoms with Gasteiger partial charge >= 0.3 is 0 Å². The van der Waals surface area contributed by atoms with Gasteiger partial charge in [-0.25, -0.2) is 0 Å². The second-order valence-corrected chi connectivity index (χ2v) is 17.7. The van der Waals surface area contributed by atoms with Crippen LogP contribution in [0.5, 0.6) is 0 Å². The van der Waals surface area contributed by atoms with Crippen LogP contribution in [0, 0.1) is 0 Å². The summed E-state index contributed by atoms with van der Waals surface area (Å²) in [5, 5.41) is 0. The summed E-state index contributed by atoms with van der Waals surface area (Å²) in [6.07, 6.45) is 0. The monoisotopic (exact) mass is 350 g/mol. The van der Waals surface area contributed by atoms with E-state index in [2.05, 4.69) is 0 Å². The second kappa shape index (κ2) is 6.32. The summed E-state index contributed by atoms with van der Waals surface area (Å²) in [5.41, 5.74) is 0. The fraction of sp³-hybridized carbons (Fsp3) is 1.00. The van der Waals surface area contributed by atoms with Crippen LogP contribution in [0.15, 0.2) is 0 Å². The molecule has 0 fully saturated rings. The molecule has 116 valence electrons. The Morgan fingerprint density at radius 3 is 1.26 bits per heavy atom. The maximum absolute atomic E-state index is 10.7. The average molecular weight is 351 g/mol. The summed E-state index contributed by atoms with van der Waals surface area (Å²) >= 11 is 0. The minimum Gasteiger partial charge on any atom is -0.455 e. The predicted molar refractivity (Wildman–Crippen MR) is 78.5 cm³/mol. The second-order valence-electron chi connectivity index (χ2n) is 5.69. The van der Waals surface area contributed by atoms with Gasteiger partial charge in [0.15, 0.2) is 16.6 Å². The van der Waals surface area contributed by atoms with Gasteiger partial charge in [0.05, 0.1) is 11.5 Å². The molecule has 7 nitrogen and oxygen atoms in total. The maximum atomic E-state index is 10.7. The van der Waals surface area contributed by atoms with Crippen molar-refractivity contribution in [3.8, 4) is 0 Å². The third-order valence-corrected chi connectivity index (χ3v) is 12.0. The fourth-order valence-electron chi connectivity index (χ4n) is 1.60. The quantitative estimate of drug-likeness (QED) is 0.498. The lowest BCUT2D eigenvalue weighted by Crippen LogP contribution is -2.45. The van der Waals surface area contributed by atoms with E-state index in [0.717, 1.165) is 0 Å². The Labute approximate surface area is 117 Å². The van der Waals surface area contributed by atoms with Crippen molar-refractivity contribution in [2.45, 2.75) is 38.3 Å². The molecular weight excluding hydrogens is 328 g/mol. The third kappa shape index (κ3) is 11.7. The van der Waals surface area contributed by atoms with Crippen LogP contribution in [0.2, 0.25) is 38.3 Å². The summed E-state index contributed by atoms with van der Waals surface area (Å²) in [4.78, 5) is 0. The molecular formula is C8H22O7S2Si2. The van der Waals surface area contributed by atoms with E-state index in [-0.39, 0.29) is 23.6 Å². The Morgan fingerprint density at radius 2 is 1.05 bits per heavy atom. The van der Waals surface area contributed by atoms with E-state index in [1.54, 1.807) is 0 Å². The molecule has 2 N–H and O–H groups in total. The molecule has 0 aromatic heterocycles. The van der Waals surface area contributed by atoms with Crippen molar-refractivity contribution in [1.29, 1.82) is 0 Å². The standard InChI is InChI=1S/C8H22O7S2Si2/c1-18(2,7-5-16(9,10)11)15-19(3,4)8-6-17(12,13)14/h5-8H2,1-4H3,(H,9,10,11)(H,12,13,14). The molecule has 0 aromatic rings. The molecule has 0 aliphatic heterocycles. The summed E-state index contributed by atoms with van der Waals surface area (Å²) < 4.78 is 66.3. The largest absolute Gasteiger partial charge is 0.455 e. The van der Waals surface area contributed by atoms with E-state index in [1.165, 1.54) is 0 Å². The first-order valence-electron chi connectivity index (χ1n) is 5.72. The summed E-state index contributed by atoms with van der Waals surface area (Å²) in [5.74, 6) is -0.704. The molecule has 0 aliphatic carbocycles. The molecule has 11 heteroatoms. The Balaban J connectivity index is 4.54. The maximum Gasteiger partial charge on any atom is 0.264 e. The lowest BCUT2D eigenvalue weighted by Gasteiger charge is -2.33. The van der Waals surface area contributed by atoms with Crippen molar-refractivity contribution >= 4 is 36.9 Å². The van der Waals surface area contributed by atoms with Gasteiger partial charge < -0.3 is 4.12 Å². The van der Waals surface area contributed by atoms with E-state index < -0.39 is 36.9 Å². The highest BCUT2D eigenvalue weighted by atomic mass is 32.2. The van der Waals surface area contributed by atoms with Crippen molar-refractivity contribution < 1.29 is 30.1 Å². The molecule has 0 saturated carbocycles. The van der Waals surface area contributed by atoms with E-state index in [1.807, 2.05) is 26.2 Å². The normalized spacial score (nSPS) is 14.6. The van der Waals surface area contributed by atoms with Gasteiger partial charge in [-0.15, -0.1) is 0 Å². The molecule has 0 bridgehead atoms. The lowest BCUT2D eigenvalue weighted by atomic mass is 11.0. The van der Waals surface area contributed by atoms with Crippen LogP contribution in [-0.2, 0) is 24.4 Å². The van der Waals surface area contributed by atoms with Gasteiger partial charge in [0.2, 0.25) is 0 Å². The molecule has 0 aromatic carbocycles. The topological polar surface area (TPSA) is 118 Å². The van der Waals surface area contributed by atoms with Crippen LogP contribution in [0.1, 0.15) is 0 Å². The number of hydrogen-bond acceptors (Lipinski definition) is 5. The molecule has 0 radical (unpaired) electrons. The zero-order valence-corrected chi connectivity index (χ0v) is 15.2. The summed E-state index contributed by atoms with van der Waals surface area (Å²) in [6, 6.07) is 0.488. The van der Waals surface area contributed by atoms with Gasteiger partial charge in [-0.1, -0.05) is 0 Å². The minimum absolute atomic E-state index is 0.244. The Kier molecular flexibility index (Phi) is 6.39. The molecule has 0 rings (SSSR count). The van der Waals surface area contributed by atoms with E-state index in [4.69, 9.17) is 13.2 Å². The Hall–Kier alpha value is 0.214. The van der Waals surface area contributed by atoms with E-state index in [0.29, 0.717) is 0 Å². The Morgan fingerprint density at radius 1 is 0.789 bits per heavy atom. The summed E-state index contributed by atoms with van der Waals surface area (Å²) in [7, 11) is -12.6. The summed E-state index contributed by atoms with van der Waals surface area (Å²) in [6.45, 7) is 7.28. The molecule has 0 heterocycles. The van der Waals surface area contributed by atoms with Crippen LogP contribution < -0.4 is 0 Å². The van der Waals surface area contributed by atoms with Crippen LogP contribution in [0.4, 0.5) is 0 Å². The van der Waals surface area contributed by atoms with Crippen molar-refractivity contribution in [1.82, 2.24) is 0 Å². The molecule has 0 saturated heterocycles. The number of hydrogen-bond donors (Lipinski definition) is 2. The lowest BCUT2D eigenvalue weighted by molar-refractivity contribution is 0.480. The van der Waals surface area contributed by atoms with Crippen LogP contribution >= 0.6 is 0 Å². The van der Waals surface area contributed by atoms with Crippen LogP contribution in [-0.4, -0.2) is 54.1 Å². The molecule has 0 unspecified atom stereocenters. The first kappa shape index (κ1) is 19.2. The van der Waals surface area contributed by atoms with E-state index in [9.17, 15) is 16.8 Å². The SMILES string of the molecule is C[Si](C)(CCS(=O)(=O)O)O[Si](C)(C)CCS(=O)(=O)O. The molecule has 0 amide bonds. The molecule has 0 aliphatic rings.